The molecule has 0 spiro atoms. The summed E-state index contributed by atoms with van der Waals surface area (Å²) in [6.07, 6.45) is 5.35. The fourth-order valence-corrected chi connectivity index (χ4v) is 2.54. The summed E-state index contributed by atoms with van der Waals surface area (Å²) in [7, 11) is 0. The van der Waals surface area contributed by atoms with Gasteiger partial charge in [0.25, 0.3) is 5.56 Å². The largest absolute Gasteiger partial charge is 0.322 e. The summed E-state index contributed by atoms with van der Waals surface area (Å²) in [5, 5.41) is 18.5. The van der Waals surface area contributed by atoms with Crippen molar-refractivity contribution in [3.8, 4) is 12.1 Å². The minimum absolute atomic E-state index is 0.143. The highest BCUT2D eigenvalue weighted by atomic mass is 16.1. The van der Waals surface area contributed by atoms with Crippen LogP contribution in [0.25, 0.3) is 5.52 Å². The fraction of sp³-hybridized carbons (Fsp3) is 0.118. The third-order valence-corrected chi connectivity index (χ3v) is 3.70. The predicted molar refractivity (Wildman–Crippen MR) is 81.4 cm³/mol. The monoisotopic (exact) mass is 288 g/mol. The molecular weight excluding hydrogens is 276 g/mol. The molecule has 0 aliphatic heterocycles. The maximum atomic E-state index is 12.3. The molecule has 5 heteroatoms. The standard InChI is InChI=1S/C17H12N4O/c1-12-5-7-21(17(22)14(12)8-18)11-13-10-20-6-3-2-4-16(20)15(13)9-19/h2-7,10H,11H2,1H3. The second-order valence-electron chi connectivity index (χ2n) is 5.05. The van der Waals surface area contributed by atoms with Crippen molar-refractivity contribution in [3.63, 3.8) is 0 Å². The van der Waals surface area contributed by atoms with E-state index in [1.807, 2.05) is 41.1 Å². The highest BCUT2D eigenvalue weighted by molar-refractivity contribution is 5.65. The molecule has 0 radical (unpaired) electrons. The lowest BCUT2D eigenvalue weighted by molar-refractivity contribution is 0.752. The first kappa shape index (κ1) is 13.7. The number of hydrogen-bond acceptors (Lipinski definition) is 3. The van der Waals surface area contributed by atoms with Crippen LogP contribution in [0.2, 0.25) is 0 Å². The summed E-state index contributed by atoms with van der Waals surface area (Å²) in [6, 6.07) is 11.5. The average molecular weight is 288 g/mol. The molecule has 0 fully saturated rings. The third kappa shape index (κ3) is 2.06. The van der Waals surface area contributed by atoms with Gasteiger partial charge in [-0.1, -0.05) is 6.07 Å². The highest BCUT2D eigenvalue weighted by Crippen LogP contribution is 2.18. The van der Waals surface area contributed by atoms with Crippen LogP contribution < -0.4 is 5.56 Å². The first-order chi connectivity index (χ1) is 10.7. The molecule has 3 rings (SSSR count). The number of aromatic nitrogens is 2. The molecule has 0 N–H and O–H groups in total. The summed E-state index contributed by atoms with van der Waals surface area (Å²) in [6.45, 7) is 2.00. The Hall–Kier alpha value is -3.31. The maximum Gasteiger partial charge on any atom is 0.269 e. The van der Waals surface area contributed by atoms with Crippen molar-refractivity contribution in [1.29, 1.82) is 10.5 Å². The summed E-state index contributed by atoms with van der Waals surface area (Å²) < 4.78 is 3.32. The van der Waals surface area contributed by atoms with Gasteiger partial charge < -0.3 is 8.97 Å². The van der Waals surface area contributed by atoms with Crippen LogP contribution in [0.1, 0.15) is 22.3 Å². The SMILES string of the molecule is Cc1ccn(Cc2cn3ccccc3c2C#N)c(=O)c1C#N. The van der Waals surface area contributed by atoms with Gasteiger partial charge in [0.1, 0.15) is 17.7 Å². The Morgan fingerprint density at radius 1 is 1.09 bits per heavy atom. The van der Waals surface area contributed by atoms with Gasteiger partial charge in [0, 0.05) is 24.2 Å². The van der Waals surface area contributed by atoms with Gasteiger partial charge in [-0.25, -0.2) is 0 Å². The molecule has 106 valence electrons. The zero-order valence-corrected chi connectivity index (χ0v) is 11.9. The Morgan fingerprint density at radius 3 is 2.59 bits per heavy atom. The van der Waals surface area contributed by atoms with Gasteiger partial charge >= 0.3 is 0 Å². The number of nitriles is 2. The molecule has 0 saturated carbocycles. The Balaban J connectivity index is 2.14. The molecule has 0 aliphatic carbocycles. The van der Waals surface area contributed by atoms with Crippen molar-refractivity contribution in [2.45, 2.75) is 13.5 Å². The first-order valence-corrected chi connectivity index (χ1v) is 6.74. The van der Waals surface area contributed by atoms with E-state index in [-0.39, 0.29) is 17.7 Å². The van der Waals surface area contributed by atoms with E-state index in [4.69, 9.17) is 5.26 Å². The van der Waals surface area contributed by atoms with Gasteiger partial charge in [0.15, 0.2) is 0 Å². The van der Waals surface area contributed by atoms with Gasteiger partial charge in [-0.2, -0.15) is 10.5 Å². The first-order valence-electron chi connectivity index (χ1n) is 6.74. The summed E-state index contributed by atoms with van der Waals surface area (Å²) >= 11 is 0. The second kappa shape index (κ2) is 5.23. The molecular formula is C17H12N4O. The van der Waals surface area contributed by atoms with Crippen molar-refractivity contribution in [2.75, 3.05) is 0 Å². The van der Waals surface area contributed by atoms with E-state index in [0.717, 1.165) is 11.1 Å². The number of rotatable bonds is 2. The quantitative estimate of drug-likeness (QED) is 0.725. The number of hydrogen-bond donors (Lipinski definition) is 0. The van der Waals surface area contributed by atoms with E-state index in [1.165, 1.54) is 4.57 Å². The van der Waals surface area contributed by atoms with Gasteiger partial charge in [0.2, 0.25) is 0 Å². The number of nitrogens with zero attached hydrogens (tertiary/aromatic N) is 4. The van der Waals surface area contributed by atoms with E-state index < -0.39 is 0 Å². The molecule has 3 aromatic rings. The van der Waals surface area contributed by atoms with Crippen LogP contribution in [0, 0.1) is 29.6 Å². The second-order valence-corrected chi connectivity index (χ2v) is 5.05. The normalized spacial score (nSPS) is 10.3. The van der Waals surface area contributed by atoms with Crippen LogP contribution in [0.15, 0.2) is 47.7 Å². The molecule has 0 saturated heterocycles. The predicted octanol–water partition coefficient (Wildman–Crippen LogP) is 2.20. The van der Waals surface area contributed by atoms with Gasteiger partial charge in [-0.3, -0.25) is 4.79 Å². The lowest BCUT2D eigenvalue weighted by Crippen LogP contribution is -2.23. The number of fused-ring (bicyclic) bond motifs is 1. The van der Waals surface area contributed by atoms with Gasteiger partial charge in [-0.15, -0.1) is 0 Å². The van der Waals surface area contributed by atoms with Crippen molar-refractivity contribution in [2.24, 2.45) is 0 Å². The molecule has 5 nitrogen and oxygen atoms in total. The zero-order valence-electron chi connectivity index (χ0n) is 11.9. The van der Waals surface area contributed by atoms with Crippen LogP contribution >= 0.6 is 0 Å². The van der Waals surface area contributed by atoms with E-state index in [1.54, 1.807) is 19.2 Å². The summed E-state index contributed by atoms with van der Waals surface area (Å²) in [4.78, 5) is 12.3. The minimum Gasteiger partial charge on any atom is -0.322 e. The van der Waals surface area contributed by atoms with E-state index in [9.17, 15) is 10.1 Å². The van der Waals surface area contributed by atoms with Gasteiger partial charge in [-0.05, 0) is 30.7 Å². The lowest BCUT2D eigenvalue weighted by atomic mass is 10.1. The van der Waals surface area contributed by atoms with Crippen molar-refractivity contribution in [3.05, 3.63) is 75.5 Å². The average Bonchev–Trinajstić information content (AvgIpc) is 2.87. The molecule has 0 aromatic carbocycles. The van der Waals surface area contributed by atoms with Gasteiger partial charge in [0.05, 0.1) is 17.6 Å². The van der Waals surface area contributed by atoms with Crippen molar-refractivity contribution < 1.29 is 0 Å². The Labute approximate surface area is 126 Å². The summed E-state index contributed by atoms with van der Waals surface area (Å²) in [5.74, 6) is 0. The molecule has 0 aliphatic rings. The molecule has 0 bridgehead atoms. The van der Waals surface area contributed by atoms with Crippen LogP contribution in [-0.2, 0) is 6.54 Å². The number of pyridine rings is 2. The lowest BCUT2D eigenvalue weighted by Gasteiger charge is -2.06. The Kier molecular flexibility index (Phi) is 3.25. The molecule has 3 aromatic heterocycles. The maximum absolute atomic E-state index is 12.3. The number of aryl methyl sites for hydroxylation is 1. The zero-order chi connectivity index (χ0) is 15.7. The topological polar surface area (TPSA) is 74.0 Å². The molecule has 0 atom stereocenters. The third-order valence-electron chi connectivity index (χ3n) is 3.70. The van der Waals surface area contributed by atoms with Crippen molar-refractivity contribution >= 4 is 5.52 Å². The van der Waals surface area contributed by atoms with Crippen LogP contribution in [0.5, 0.6) is 0 Å². The highest BCUT2D eigenvalue weighted by Gasteiger charge is 2.12. The van der Waals surface area contributed by atoms with Crippen LogP contribution in [-0.4, -0.2) is 8.97 Å². The Morgan fingerprint density at radius 2 is 1.86 bits per heavy atom. The Bertz CT molecular complexity index is 1010. The molecule has 22 heavy (non-hydrogen) atoms. The van der Waals surface area contributed by atoms with E-state index in [0.29, 0.717) is 11.1 Å². The van der Waals surface area contributed by atoms with Crippen molar-refractivity contribution in [1.82, 2.24) is 8.97 Å². The van der Waals surface area contributed by atoms with Crippen LogP contribution in [0.4, 0.5) is 0 Å². The molecule has 0 unspecified atom stereocenters. The van der Waals surface area contributed by atoms with Crippen LogP contribution in [0.3, 0.4) is 0 Å². The smallest absolute Gasteiger partial charge is 0.269 e. The fourth-order valence-electron chi connectivity index (χ4n) is 2.54. The summed E-state index contributed by atoms with van der Waals surface area (Å²) in [5.41, 5.74) is 2.58. The minimum atomic E-state index is -0.332. The van der Waals surface area contributed by atoms with E-state index in [2.05, 4.69) is 6.07 Å². The van der Waals surface area contributed by atoms with E-state index >= 15 is 0 Å². The molecule has 3 heterocycles. The molecule has 0 amide bonds.